The maximum atomic E-state index is 11.7. The summed E-state index contributed by atoms with van der Waals surface area (Å²) in [6, 6.07) is 5.02. The lowest BCUT2D eigenvalue weighted by Crippen LogP contribution is -2.25. The van der Waals surface area contributed by atoms with E-state index in [0.29, 0.717) is 5.69 Å². The summed E-state index contributed by atoms with van der Waals surface area (Å²) in [7, 11) is 1.23. The van der Waals surface area contributed by atoms with E-state index in [0.717, 1.165) is 5.56 Å². The molecule has 1 rings (SSSR count). The number of benzene rings is 1. The van der Waals surface area contributed by atoms with Crippen molar-refractivity contribution >= 4 is 17.6 Å². The van der Waals surface area contributed by atoms with Crippen LogP contribution in [0.15, 0.2) is 18.2 Å². The Hall–Kier alpha value is -2.04. The second-order valence-electron chi connectivity index (χ2n) is 3.66. The predicted octanol–water partition coefficient (Wildman–Crippen LogP) is 1.30. The minimum Gasteiger partial charge on any atom is -0.466 e. The Labute approximate surface area is 99.5 Å². The maximum Gasteiger partial charge on any atom is 0.346 e. The molecule has 0 aliphatic rings. The van der Waals surface area contributed by atoms with E-state index < -0.39 is 18.0 Å². The normalized spacial score (nSPS) is 11.7. The zero-order valence-corrected chi connectivity index (χ0v) is 10.0. The fourth-order valence-electron chi connectivity index (χ4n) is 1.29. The van der Waals surface area contributed by atoms with Crippen LogP contribution in [0.5, 0.6) is 0 Å². The molecule has 17 heavy (non-hydrogen) atoms. The van der Waals surface area contributed by atoms with Crippen molar-refractivity contribution in [2.75, 3.05) is 12.8 Å². The summed E-state index contributed by atoms with van der Waals surface area (Å²) < 4.78 is 9.39. The average molecular weight is 237 g/mol. The summed E-state index contributed by atoms with van der Waals surface area (Å²) in [6.45, 7) is 3.27. The summed E-state index contributed by atoms with van der Waals surface area (Å²) in [5, 5.41) is 0. The van der Waals surface area contributed by atoms with Crippen molar-refractivity contribution in [1.82, 2.24) is 0 Å². The molecule has 0 aliphatic heterocycles. The highest BCUT2D eigenvalue weighted by molar-refractivity contribution is 5.96. The van der Waals surface area contributed by atoms with Crippen LogP contribution in [0.2, 0.25) is 0 Å². The molecule has 0 fully saturated rings. The maximum absolute atomic E-state index is 11.7. The van der Waals surface area contributed by atoms with Crippen LogP contribution in [0.25, 0.3) is 0 Å². The third-order valence-corrected chi connectivity index (χ3v) is 2.25. The Morgan fingerprint density at radius 1 is 1.35 bits per heavy atom. The first-order valence-electron chi connectivity index (χ1n) is 5.10. The molecule has 5 heteroatoms. The molecule has 0 heterocycles. The molecule has 0 saturated heterocycles. The number of anilines is 1. The van der Waals surface area contributed by atoms with E-state index in [1.165, 1.54) is 14.0 Å². The van der Waals surface area contributed by atoms with Crippen molar-refractivity contribution < 1.29 is 19.1 Å². The molecule has 0 aliphatic carbocycles. The van der Waals surface area contributed by atoms with Crippen LogP contribution >= 0.6 is 0 Å². The largest absolute Gasteiger partial charge is 0.466 e. The lowest BCUT2D eigenvalue weighted by Gasteiger charge is -2.12. The number of ether oxygens (including phenoxy) is 2. The zero-order valence-electron chi connectivity index (χ0n) is 10.0. The molecule has 0 radical (unpaired) electrons. The molecule has 0 amide bonds. The summed E-state index contributed by atoms with van der Waals surface area (Å²) in [5.74, 6) is -1.24. The fraction of sp³-hybridized carbons (Fsp3) is 0.333. The number of nitrogen functional groups attached to an aromatic ring is 1. The van der Waals surface area contributed by atoms with Gasteiger partial charge < -0.3 is 15.2 Å². The molecule has 92 valence electrons. The molecule has 0 spiro atoms. The molecule has 1 atom stereocenters. The van der Waals surface area contributed by atoms with Crippen molar-refractivity contribution in [2.45, 2.75) is 20.0 Å². The van der Waals surface area contributed by atoms with Crippen LogP contribution in [-0.2, 0) is 14.3 Å². The van der Waals surface area contributed by atoms with Crippen LogP contribution < -0.4 is 5.73 Å². The van der Waals surface area contributed by atoms with Crippen LogP contribution in [0.4, 0.5) is 5.69 Å². The first-order chi connectivity index (χ1) is 7.95. The average Bonchev–Trinajstić information content (AvgIpc) is 2.30. The molecule has 0 aromatic heterocycles. The van der Waals surface area contributed by atoms with Crippen molar-refractivity contribution in [3.05, 3.63) is 29.3 Å². The van der Waals surface area contributed by atoms with Crippen LogP contribution in [0.3, 0.4) is 0 Å². The number of carbonyl (C=O) groups excluding carboxylic acids is 2. The van der Waals surface area contributed by atoms with Crippen LogP contribution in [0.1, 0.15) is 22.8 Å². The SMILES string of the molecule is COC(=O)C(C)OC(=O)c1cc(C)ccc1N. The number of aryl methyl sites for hydroxylation is 1. The van der Waals surface area contributed by atoms with Crippen molar-refractivity contribution in [2.24, 2.45) is 0 Å². The van der Waals surface area contributed by atoms with Crippen molar-refractivity contribution in [1.29, 1.82) is 0 Å². The monoisotopic (exact) mass is 237 g/mol. The van der Waals surface area contributed by atoms with Gasteiger partial charge in [0, 0.05) is 5.69 Å². The van der Waals surface area contributed by atoms with Gasteiger partial charge in [-0.25, -0.2) is 9.59 Å². The summed E-state index contributed by atoms with van der Waals surface area (Å²) in [6.07, 6.45) is -0.951. The smallest absolute Gasteiger partial charge is 0.346 e. The fourth-order valence-corrected chi connectivity index (χ4v) is 1.29. The third kappa shape index (κ3) is 3.21. The Bertz CT molecular complexity index is 442. The number of nitrogens with two attached hydrogens (primary N) is 1. The van der Waals surface area contributed by atoms with Gasteiger partial charge in [0.15, 0.2) is 6.10 Å². The van der Waals surface area contributed by atoms with E-state index in [1.54, 1.807) is 18.2 Å². The van der Waals surface area contributed by atoms with E-state index in [1.807, 2.05) is 6.92 Å². The molecule has 1 aromatic rings. The van der Waals surface area contributed by atoms with E-state index in [4.69, 9.17) is 10.5 Å². The minimum absolute atomic E-state index is 0.251. The molecular formula is C12H15NO4. The number of esters is 2. The van der Waals surface area contributed by atoms with Gasteiger partial charge in [0.25, 0.3) is 0 Å². The van der Waals surface area contributed by atoms with Crippen molar-refractivity contribution in [3.63, 3.8) is 0 Å². The van der Waals surface area contributed by atoms with Gasteiger partial charge in [-0.15, -0.1) is 0 Å². The van der Waals surface area contributed by atoms with Gasteiger partial charge in [-0.3, -0.25) is 0 Å². The number of hydrogen-bond acceptors (Lipinski definition) is 5. The van der Waals surface area contributed by atoms with Gasteiger partial charge in [0.1, 0.15) is 0 Å². The predicted molar refractivity (Wildman–Crippen MR) is 62.5 cm³/mol. The number of carbonyl (C=O) groups is 2. The Balaban J connectivity index is 2.83. The lowest BCUT2D eigenvalue weighted by atomic mass is 10.1. The van der Waals surface area contributed by atoms with E-state index in [9.17, 15) is 9.59 Å². The highest BCUT2D eigenvalue weighted by Gasteiger charge is 2.20. The minimum atomic E-state index is -0.951. The summed E-state index contributed by atoms with van der Waals surface area (Å²) >= 11 is 0. The van der Waals surface area contributed by atoms with E-state index >= 15 is 0 Å². The quantitative estimate of drug-likeness (QED) is 0.633. The second-order valence-corrected chi connectivity index (χ2v) is 3.66. The molecule has 2 N–H and O–H groups in total. The number of hydrogen-bond donors (Lipinski definition) is 1. The topological polar surface area (TPSA) is 78.6 Å². The molecule has 1 aromatic carbocycles. The van der Waals surface area contributed by atoms with E-state index in [-0.39, 0.29) is 5.56 Å². The Morgan fingerprint density at radius 2 is 2.00 bits per heavy atom. The molecular weight excluding hydrogens is 222 g/mol. The molecule has 1 unspecified atom stereocenters. The van der Waals surface area contributed by atoms with Gasteiger partial charge in [-0.1, -0.05) is 11.6 Å². The highest BCUT2D eigenvalue weighted by Crippen LogP contribution is 2.15. The molecule has 0 saturated carbocycles. The first kappa shape index (κ1) is 13.0. The van der Waals surface area contributed by atoms with E-state index in [2.05, 4.69) is 4.74 Å². The Morgan fingerprint density at radius 3 is 2.59 bits per heavy atom. The zero-order chi connectivity index (χ0) is 13.0. The van der Waals surface area contributed by atoms with Crippen molar-refractivity contribution in [3.8, 4) is 0 Å². The third-order valence-electron chi connectivity index (χ3n) is 2.25. The van der Waals surface area contributed by atoms with Gasteiger partial charge in [0.2, 0.25) is 0 Å². The highest BCUT2D eigenvalue weighted by atomic mass is 16.6. The van der Waals surface area contributed by atoms with Crippen LogP contribution in [0, 0.1) is 6.92 Å². The Kier molecular flexibility index (Phi) is 4.09. The van der Waals surface area contributed by atoms with Gasteiger partial charge >= 0.3 is 11.9 Å². The second kappa shape index (κ2) is 5.34. The number of rotatable bonds is 3. The van der Waals surface area contributed by atoms with Crippen LogP contribution in [-0.4, -0.2) is 25.2 Å². The lowest BCUT2D eigenvalue weighted by molar-refractivity contribution is -0.149. The van der Waals surface area contributed by atoms with Gasteiger partial charge in [-0.2, -0.15) is 0 Å². The summed E-state index contributed by atoms with van der Waals surface area (Å²) in [4.78, 5) is 22.8. The van der Waals surface area contributed by atoms with Gasteiger partial charge in [-0.05, 0) is 26.0 Å². The summed E-state index contributed by atoms with van der Waals surface area (Å²) in [5.41, 5.74) is 7.11. The standard InChI is InChI=1S/C12H15NO4/c1-7-4-5-10(13)9(6-7)12(15)17-8(2)11(14)16-3/h4-6,8H,13H2,1-3H3. The van der Waals surface area contributed by atoms with Gasteiger partial charge in [0.05, 0.1) is 12.7 Å². The first-order valence-corrected chi connectivity index (χ1v) is 5.10. The molecule has 0 bridgehead atoms. The number of methoxy groups -OCH3 is 1. The molecule has 5 nitrogen and oxygen atoms in total.